The van der Waals surface area contributed by atoms with E-state index in [1.54, 1.807) is 0 Å². The highest BCUT2D eigenvalue weighted by Gasteiger charge is 2.31. The molecule has 0 radical (unpaired) electrons. The molecule has 3 aromatic carbocycles. The van der Waals surface area contributed by atoms with Crippen molar-refractivity contribution in [1.29, 1.82) is 0 Å². The van der Waals surface area contributed by atoms with Gasteiger partial charge in [0.15, 0.2) is 6.10 Å². The third kappa shape index (κ3) is 3.28. The zero-order valence-electron chi connectivity index (χ0n) is 15.9. The number of hydrogen-bond acceptors (Lipinski definition) is 5. The van der Waals surface area contributed by atoms with Crippen LogP contribution in [0.15, 0.2) is 71.6 Å². The zero-order chi connectivity index (χ0) is 20.6. The molecule has 7 heteroatoms. The van der Waals surface area contributed by atoms with Crippen molar-refractivity contribution in [1.82, 2.24) is 4.72 Å². The van der Waals surface area contributed by atoms with Crippen LogP contribution in [0.1, 0.15) is 27.6 Å². The smallest absolute Gasteiger partial charge is 0.339 e. The summed E-state index contributed by atoms with van der Waals surface area (Å²) >= 11 is 0. The van der Waals surface area contributed by atoms with Crippen LogP contribution in [0.4, 0.5) is 0 Å². The van der Waals surface area contributed by atoms with Gasteiger partial charge in [-0.3, -0.25) is 0 Å². The molecule has 0 saturated carbocycles. The average molecular weight is 409 g/mol. The monoisotopic (exact) mass is 409 g/mol. The average Bonchev–Trinajstić information content (AvgIpc) is 3.07. The van der Waals surface area contributed by atoms with Crippen molar-refractivity contribution in [2.24, 2.45) is 0 Å². The van der Waals surface area contributed by atoms with Crippen LogP contribution in [-0.2, 0) is 14.8 Å². The molecule has 0 fully saturated rings. The third-order valence-electron chi connectivity index (χ3n) is 4.96. The fourth-order valence-corrected chi connectivity index (χ4v) is 4.45. The maximum absolute atomic E-state index is 12.9. The number of ether oxygens (including phenoxy) is 2. The van der Waals surface area contributed by atoms with Gasteiger partial charge in [-0.1, -0.05) is 48.5 Å². The van der Waals surface area contributed by atoms with Crippen molar-refractivity contribution in [3.8, 4) is 16.9 Å². The van der Waals surface area contributed by atoms with Gasteiger partial charge in [0.05, 0.1) is 12.7 Å². The summed E-state index contributed by atoms with van der Waals surface area (Å²) in [7, 11) is -1.14. The molecular weight excluding hydrogens is 390 g/mol. The van der Waals surface area contributed by atoms with E-state index in [1.807, 2.05) is 48.5 Å². The fraction of sp³-hybridized carbons (Fsp3) is 0.136. The summed E-state index contributed by atoms with van der Waals surface area (Å²) in [4.78, 5) is 12.8. The Hall–Kier alpha value is -3.16. The molecule has 0 unspecified atom stereocenters. The summed E-state index contributed by atoms with van der Waals surface area (Å²) in [5, 5.41) is 0. The predicted octanol–water partition coefficient (Wildman–Crippen LogP) is 3.53. The van der Waals surface area contributed by atoms with E-state index in [1.165, 1.54) is 32.4 Å². The largest absolute Gasteiger partial charge is 0.495 e. The molecule has 0 bridgehead atoms. The van der Waals surface area contributed by atoms with E-state index in [0.717, 1.165) is 22.3 Å². The number of esters is 1. The molecule has 1 aliphatic rings. The molecule has 4 rings (SSSR count). The van der Waals surface area contributed by atoms with E-state index < -0.39 is 22.1 Å². The molecule has 0 spiro atoms. The Bertz CT molecular complexity index is 1160. The Kier molecular flexibility index (Phi) is 4.86. The van der Waals surface area contributed by atoms with Crippen LogP contribution in [0.25, 0.3) is 11.1 Å². The molecule has 0 atom stereocenters. The van der Waals surface area contributed by atoms with Gasteiger partial charge in [-0.2, -0.15) is 0 Å². The predicted molar refractivity (Wildman–Crippen MR) is 108 cm³/mol. The second-order valence-corrected chi connectivity index (χ2v) is 8.39. The van der Waals surface area contributed by atoms with E-state index in [2.05, 4.69) is 4.72 Å². The summed E-state index contributed by atoms with van der Waals surface area (Å²) in [6, 6.07) is 19.7. The van der Waals surface area contributed by atoms with E-state index in [4.69, 9.17) is 9.47 Å². The van der Waals surface area contributed by atoms with Gasteiger partial charge in [-0.05, 0) is 36.4 Å². The lowest BCUT2D eigenvalue weighted by atomic mass is 10.1. The molecule has 0 heterocycles. The lowest BCUT2D eigenvalue weighted by Crippen LogP contribution is -2.20. The summed E-state index contributed by atoms with van der Waals surface area (Å²) in [6.07, 6.45) is -0.554. The lowest BCUT2D eigenvalue weighted by Gasteiger charge is -2.16. The number of carbonyl (C=O) groups is 1. The Morgan fingerprint density at radius 2 is 1.52 bits per heavy atom. The lowest BCUT2D eigenvalue weighted by molar-refractivity contribution is 0.0385. The molecule has 0 aromatic heterocycles. The highest BCUT2D eigenvalue weighted by atomic mass is 32.2. The molecule has 0 saturated heterocycles. The van der Waals surface area contributed by atoms with Crippen LogP contribution in [0.2, 0.25) is 0 Å². The first-order chi connectivity index (χ1) is 14.0. The highest BCUT2D eigenvalue weighted by Crippen LogP contribution is 2.45. The van der Waals surface area contributed by atoms with Gasteiger partial charge in [-0.15, -0.1) is 0 Å². The second kappa shape index (κ2) is 7.35. The summed E-state index contributed by atoms with van der Waals surface area (Å²) in [6.45, 7) is 0. The van der Waals surface area contributed by atoms with Crippen LogP contribution in [0, 0.1) is 0 Å². The van der Waals surface area contributed by atoms with Gasteiger partial charge in [0.2, 0.25) is 10.0 Å². The standard InChI is InChI=1S/C22H19NO5S/c1-23-29(25,26)20-13-14(11-12-19(20)27-2)22(24)28-21-17-9-5-3-7-15(17)16-8-4-6-10-18(16)21/h3-13,21,23H,1-2H3. The Balaban J connectivity index is 1.72. The molecule has 0 aliphatic heterocycles. The van der Waals surface area contributed by atoms with Gasteiger partial charge in [0, 0.05) is 11.1 Å². The quantitative estimate of drug-likeness (QED) is 0.652. The highest BCUT2D eigenvalue weighted by molar-refractivity contribution is 7.89. The van der Waals surface area contributed by atoms with Crippen molar-refractivity contribution in [2.45, 2.75) is 11.0 Å². The second-order valence-electron chi connectivity index (χ2n) is 6.53. The van der Waals surface area contributed by atoms with Gasteiger partial charge < -0.3 is 9.47 Å². The number of methoxy groups -OCH3 is 1. The number of carbonyl (C=O) groups excluding carboxylic acids is 1. The van der Waals surface area contributed by atoms with Gasteiger partial charge in [0.25, 0.3) is 0 Å². The number of nitrogens with one attached hydrogen (secondary N) is 1. The van der Waals surface area contributed by atoms with Gasteiger partial charge >= 0.3 is 5.97 Å². The van der Waals surface area contributed by atoms with Crippen LogP contribution >= 0.6 is 0 Å². The Morgan fingerprint density at radius 3 is 2.07 bits per heavy atom. The molecule has 3 aromatic rings. The number of rotatable bonds is 5. The maximum Gasteiger partial charge on any atom is 0.339 e. The number of hydrogen-bond donors (Lipinski definition) is 1. The van der Waals surface area contributed by atoms with Crippen molar-refractivity contribution >= 4 is 16.0 Å². The van der Waals surface area contributed by atoms with E-state index in [9.17, 15) is 13.2 Å². The summed E-state index contributed by atoms with van der Waals surface area (Å²) in [5.41, 5.74) is 3.97. The van der Waals surface area contributed by atoms with E-state index in [-0.39, 0.29) is 16.2 Å². The van der Waals surface area contributed by atoms with Gasteiger partial charge in [-0.25, -0.2) is 17.9 Å². The minimum absolute atomic E-state index is 0.121. The molecule has 1 aliphatic carbocycles. The first-order valence-corrected chi connectivity index (χ1v) is 10.5. The number of fused-ring (bicyclic) bond motifs is 3. The SMILES string of the molecule is CNS(=O)(=O)c1cc(C(=O)OC2c3ccccc3-c3ccccc32)ccc1OC. The first-order valence-electron chi connectivity index (χ1n) is 8.97. The number of sulfonamides is 1. The Morgan fingerprint density at radius 1 is 0.931 bits per heavy atom. The van der Waals surface area contributed by atoms with Crippen LogP contribution in [0.3, 0.4) is 0 Å². The maximum atomic E-state index is 12.9. The summed E-state index contributed by atoms with van der Waals surface area (Å²) < 4.78 is 37.8. The zero-order valence-corrected chi connectivity index (χ0v) is 16.7. The minimum Gasteiger partial charge on any atom is -0.495 e. The minimum atomic E-state index is -3.80. The molecule has 1 N–H and O–H groups in total. The van der Waals surface area contributed by atoms with Crippen LogP contribution in [0.5, 0.6) is 5.75 Å². The Labute approximate surface area is 169 Å². The van der Waals surface area contributed by atoms with E-state index >= 15 is 0 Å². The van der Waals surface area contributed by atoms with Gasteiger partial charge in [0.1, 0.15) is 10.6 Å². The van der Waals surface area contributed by atoms with Crippen LogP contribution in [-0.4, -0.2) is 28.5 Å². The van der Waals surface area contributed by atoms with E-state index in [0.29, 0.717) is 0 Å². The van der Waals surface area contributed by atoms with Crippen molar-refractivity contribution in [2.75, 3.05) is 14.2 Å². The first kappa shape index (κ1) is 19.2. The molecule has 0 amide bonds. The molecule has 29 heavy (non-hydrogen) atoms. The molecule has 6 nitrogen and oxygen atoms in total. The topological polar surface area (TPSA) is 81.7 Å². The third-order valence-corrected chi connectivity index (χ3v) is 6.39. The van der Waals surface area contributed by atoms with Crippen LogP contribution < -0.4 is 9.46 Å². The van der Waals surface area contributed by atoms with Crippen molar-refractivity contribution in [3.05, 3.63) is 83.4 Å². The normalized spacial score (nSPS) is 12.9. The molecule has 148 valence electrons. The van der Waals surface area contributed by atoms with Crippen molar-refractivity contribution < 1.29 is 22.7 Å². The fourth-order valence-electron chi connectivity index (χ4n) is 3.54. The van der Waals surface area contributed by atoms with Crippen molar-refractivity contribution in [3.63, 3.8) is 0 Å². The number of benzene rings is 3. The molecular formula is C22H19NO5S. The summed E-state index contributed by atoms with van der Waals surface area (Å²) in [5.74, 6) is -0.468.